The number of hydrogen-bond donors (Lipinski definition) is 3. The van der Waals surface area contributed by atoms with Crippen molar-refractivity contribution in [2.75, 3.05) is 24.5 Å². The number of hydrogen-bond acceptors (Lipinski definition) is 4. The van der Waals surface area contributed by atoms with Crippen LogP contribution in [0.15, 0.2) is 78.9 Å². The van der Waals surface area contributed by atoms with Gasteiger partial charge in [-0.2, -0.15) is 0 Å². The van der Waals surface area contributed by atoms with E-state index in [2.05, 4.69) is 28.4 Å². The Morgan fingerprint density at radius 1 is 0.833 bits per heavy atom. The first-order valence-electron chi connectivity index (χ1n) is 10.7. The number of rotatable bonds is 3. The van der Waals surface area contributed by atoms with Crippen molar-refractivity contribution in [1.29, 1.82) is 0 Å². The van der Waals surface area contributed by atoms with Gasteiger partial charge in [-0.3, -0.25) is 0 Å². The lowest BCUT2D eigenvalue weighted by Gasteiger charge is -2.42. The molecule has 30 heavy (non-hydrogen) atoms. The number of anilines is 1. The fourth-order valence-corrected chi connectivity index (χ4v) is 4.99. The molecule has 2 heterocycles. The number of aliphatic hydroxyl groups is 2. The van der Waals surface area contributed by atoms with Crippen molar-refractivity contribution < 1.29 is 10.2 Å². The molecule has 0 amide bonds. The van der Waals surface area contributed by atoms with Crippen LogP contribution in [0.5, 0.6) is 0 Å². The van der Waals surface area contributed by atoms with Crippen molar-refractivity contribution in [3.05, 3.63) is 101 Å². The maximum Gasteiger partial charge on any atom is 0.127 e. The second-order valence-electron chi connectivity index (χ2n) is 8.59. The molecule has 154 valence electrons. The summed E-state index contributed by atoms with van der Waals surface area (Å²) in [5.74, 6) is 0. The summed E-state index contributed by atoms with van der Waals surface area (Å²) in [4.78, 5) is 2.25. The molecule has 0 spiro atoms. The molecule has 3 N–H and O–H groups in total. The van der Waals surface area contributed by atoms with Crippen molar-refractivity contribution in [1.82, 2.24) is 5.32 Å². The molecule has 2 aliphatic rings. The molecule has 3 aromatic carbocycles. The second kappa shape index (κ2) is 7.55. The van der Waals surface area contributed by atoms with Crippen LogP contribution in [0.4, 0.5) is 5.69 Å². The van der Waals surface area contributed by atoms with E-state index in [1.54, 1.807) is 0 Å². The largest absolute Gasteiger partial charge is 0.383 e. The van der Waals surface area contributed by atoms with Crippen molar-refractivity contribution in [3.8, 4) is 0 Å². The van der Waals surface area contributed by atoms with Gasteiger partial charge in [0, 0.05) is 25.3 Å². The highest BCUT2D eigenvalue weighted by atomic mass is 16.3. The zero-order valence-corrected chi connectivity index (χ0v) is 17.1. The van der Waals surface area contributed by atoms with E-state index in [9.17, 15) is 10.2 Å². The van der Waals surface area contributed by atoms with Gasteiger partial charge in [0.2, 0.25) is 0 Å². The van der Waals surface area contributed by atoms with Gasteiger partial charge in [0.05, 0.1) is 6.54 Å². The number of piperidine rings is 1. The highest BCUT2D eigenvalue weighted by Gasteiger charge is 2.38. The fourth-order valence-electron chi connectivity index (χ4n) is 4.99. The van der Waals surface area contributed by atoms with Crippen LogP contribution in [0.1, 0.15) is 35.1 Å². The van der Waals surface area contributed by atoms with E-state index in [1.807, 2.05) is 60.7 Å². The number of nitrogens with zero attached hydrogens (tertiary/aromatic N) is 1. The number of β-amino-alcohol motifs (C(OH)–C–C–N with tert-alkyl or cyclic N) is 2. The van der Waals surface area contributed by atoms with E-state index >= 15 is 0 Å². The van der Waals surface area contributed by atoms with Gasteiger partial charge in [-0.15, -0.1) is 0 Å². The summed E-state index contributed by atoms with van der Waals surface area (Å²) in [7, 11) is 0. The van der Waals surface area contributed by atoms with Gasteiger partial charge in [0.25, 0.3) is 0 Å². The second-order valence-corrected chi connectivity index (χ2v) is 8.59. The van der Waals surface area contributed by atoms with Crippen molar-refractivity contribution >= 4 is 5.69 Å². The molecule has 0 aromatic heterocycles. The summed E-state index contributed by atoms with van der Waals surface area (Å²) < 4.78 is 0. The minimum atomic E-state index is -1.06. The Kier molecular flexibility index (Phi) is 4.86. The smallest absolute Gasteiger partial charge is 0.127 e. The summed E-state index contributed by atoms with van der Waals surface area (Å²) in [5, 5.41) is 26.4. The molecule has 4 heteroatoms. The lowest BCUT2D eigenvalue weighted by Crippen LogP contribution is -2.47. The molecule has 0 radical (unpaired) electrons. The molecule has 3 aromatic rings. The van der Waals surface area contributed by atoms with Crippen LogP contribution in [0, 0.1) is 0 Å². The zero-order valence-electron chi connectivity index (χ0n) is 17.1. The minimum Gasteiger partial charge on any atom is -0.383 e. The fraction of sp³-hybridized carbons (Fsp3) is 0.308. The Morgan fingerprint density at radius 3 is 2.27 bits per heavy atom. The molecule has 1 saturated heterocycles. The molecule has 2 aliphatic heterocycles. The maximum absolute atomic E-state index is 11.7. The van der Waals surface area contributed by atoms with Gasteiger partial charge in [0.1, 0.15) is 11.2 Å². The number of fused-ring (bicyclic) bond motifs is 1. The molecule has 0 bridgehead atoms. The van der Waals surface area contributed by atoms with Gasteiger partial charge >= 0.3 is 0 Å². The summed E-state index contributed by atoms with van der Waals surface area (Å²) in [5.41, 5.74) is 3.08. The van der Waals surface area contributed by atoms with E-state index in [0.29, 0.717) is 13.1 Å². The van der Waals surface area contributed by atoms with Crippen LogP contribution in [-0.4, -0.2) is 29.8 Å². The third-order valence-corrected chi connectivity index (χ3v) is 6.63. The first kappa shape index (κ1) is 19.3. The standard InChI is InChI=1S/C26H28N2O2/c29-25(21-8-3-1-4-9-21)14-7-15-28(19-25)23-13-12-20-17-27-18-26(30,24(20)16-23)22-10-5-2-6-11-22/h1-6,8-13,16,27,29-30H,7,14-15,17-19H2/t25-,26-/m1/s1. The number of benzene rings is 3. The van der Waals surface area contributed by atoms with E-state index in [0.717, 1.165) is 53.9 Å². The average molecular weight is 401 g/mol. The van der Waals surface area contributed by atoms with Crippen LogP contribution in [0.25, 0.3) is 0 Å². The number of nitrogens with one attached hydrogen (secondary N) is 1. The highest BCUT2D eigenvalue weighted by molar-refractivity contribution is 5.56. The van der Waals surface area contributed by atoms with Crippen molar-refractivity contribution in [2.24, 2.45) is 0 Å². The predicted molar refractivity (Wildman–Crippen MR) is 119 cm³/mol. The first-order valence-corrected chi connectivity index (χ1v) is 10.7. The topological polar surface area (TPSA) is 55.7 Å². The van der Waals surface area contributed by atoms with E-state index in [-0.39, 0.29) is 0 Å². The van der Waals surface area contributed by atoms with Crippen LogP contribution in [-0.2, 0) is 17.7 Å². The molecule has 4 nitrogen and oxygen atoms in total. The Labute approximate surface area is 177 Å². The van der Waals surface area contributed by atoms with Gasteiger partial charge in [-0.1, -0.05) is 66.7 Å². The monoisotopic (exact) mass is 400 g/mol. The minimum absolute atomic E-state index is 0.488. The maximum atomic E-state index is 11.7. The summed E-state index contributed by atoms with van der Waals surface area (Å²) >= 11 is 0. The first-order chi connectivity index (χ1) is 14.6. The lowest BCUT2D eigenvalue weighted by atomic mass is 9.80. The van der Waals surface area contributed by atoms with E-state index in [4.69, 9.17) is 0 Å². The normalized spacial score (nSPS) is 26.3. The molecule has 0 saturated carbocycles. The summed E-state index contributed by atoms with van der Waals surface area (Å²) in [6.45, 7) is 2.69. The third kappa shape index (κ3) is 3.31. The Balaban J connectivity index is 1.50. The Bertz CT molecular complexity index is 1020. The Hall–Kier alpha value is -2.66. The van der Waals surface area contributed by atoms with E-state index in [1.165, 1.54) is 0 Å². The van der Waals surface area contributed by atoms with Gasteiger partial charge in [0.15, 0.2) is 0 Å². The van der Waals surface area contributed by atoms with Crippen LogP contribution < -0.4 is 10.2 Å². The molecule has 5 rings (SSSR count). The SMILES string of the molecule is O[C@]1(c2ccccc2)CCCN(c2ccc3c(c2)[C@](O)(c2ccccc2)CNC3)C1. The summed E-state index contributed by atoms with van der Waals surface area (Å²) in [6, 6.07) is 26.2. The zero-order chi connectivity index (χ0) is 20.6. The Morgan fingerprint density at radius 2 is 1.53 bits per heavy atom. The highest BCUT2D eigenvalue weighted by Crippen LogP contribution is 2.39. The lowest BCUT2D eigenvalue weighted by molar-refractivity contribution is 0.0219. The van der Waals surface area contributed by atoms with Gasteiger partial charge in [-0.05, 0) is 47.2 Å². The van der Waals surface area contributed by atoms with E-state index < -0.39 is 11.2 Å². The van der Waals surface area contributed by atoms with Gasteiger partial charge < -0.3 is 20.4 Å². The molecule has 0 unspecified atom stereocenters. The van der Waals surface area contributed by atoms with Crippen molar-refractivity contribution in [3.63, 3.8) is 0 Å². The molecule has 1 fully saturated rings. The van der Waals surface area contributed by atoms with Crippen LogP contribution >= 0.6 is 0 Å². The van der Waals surface area contributed by atoms with Gasteiger partial charge in [-0.25, -0.2) is 0 Å². The third-order valence-electron chi connectivity index (χ3n) is 6.63. The summed E-state index contributed by atoms with van der Waals surface area (Å²) in [6.07, 6.45) is 1.68. The van der Waals surface area contributed by atoms with Crippen LogP contribution in [0.2, 0.25) is 0 Å². The van der Waals surface area contributed by atoms with Crippen molar-refractivity contribution in [2.45, 2.75) is 30.6 Å². The predicted octanol–water partition coefficient (Wildman–Crippen LogP) is 3.51. The quantitative estimate of drug-likeness (QED) is 0.630. The average Bonchev–Trinajstić information content (AvgIpc) is 2.80. The molecular formula is C26H28N2O2. The molecule has 0 aliphatic carbocycles. The molecule has 2 atom stereocenters. The van der Waals surface area contributed by atoms with Crippen LogP contribution in [0.3, 0.4) is 0 Å². The molecular weight excluding hydrogens is 372 g/mol.